The van der Waals surface area contributed by atoms with Crippen LogP contribution in [0.1, 0.15) is 122 Å². The van der Waals surface area contributed by atoms with Crippen molar-refractivity contribution in [1.29, 1.82) is 0 Å². The number of carboxylic acid groups (broad SMARTS) is 1. The van der Waals surface area contributed by atoms with Crippen LogP contribution in [0.3, 0.4) is 0 Å². The minimum absolute atomic E-state index is 0.0409. The monoisotopic (exact) mass is 1600 g/mol. The van der Waals surface area contributed by atoms with Gasteiger partial charge in [-0.15, -0.1) is 0 Å². The van der Waals surface area contributed by atoms with Crippen LogP contribution < -0.4 is 81.0 Å². The third-order valence-electron chi connectivity index (χ3n) is 18.8. The van der Waals surface area contributed by atoms with Gasteiger partial charge < -0.3 is 111 Å². The van der Waals surface area contributed by atoms with Crippen molar-refractivity contribution in [3.8, 4) is 0 Å². The number of para-hydroxylation sites is 1. The Morgan fingerprint density at radius 2 is 0.902 bits per heavy atom. The van der Waals surface area contributed by atoms with Crippen LogP contribution in [-0.2, 0) is 86.4 Å². The number of benzene rings is 3. The molecule has 1 saturated carbocycles. The number of nitrogens with one attached hydrogen (secondary N) is 13. The Kier molecular flexibility index (Phi) is 39.4. The number of hydrogen-bond donors (Lipinski definition) is 22. The topological polar surface area (TPSA) is 561 Å². The number of aliphatic hydroxyl groups excluding tert-OH is 3. The Hall–Kier alpha value is -9.76. The summed E-state index contributed by atoms with van der Waals surface area (Å²) in [6.45, 7) is 5.12. The van der Waals surface area contributed by atoms with E-state index in [0.717, 1.165) is 25.2 Å². The van der Waals surface area contributed by atoms with Crippen LogP contribution >= 0.6 is 25.3 Å². The Morgan fingerprint density at radius 3 is 1.38 bits per heavy atom. The molecule has 1 heterocycles. The van der Waals surface area contributed by atoms with Gasteiger partial charge in [-0.25, -0.2) is 4.79 Å². The molecule has 0 bridgehead atoms. The maximum atomic E-state index is 15.2. The van der Waals surface area contributed by atoms with Crippen molar-refractivity contribution >= 4 is 119 Å². The molecule has 1 fully saturated rings. The molecule has 15 atom stereocenters. The summed E-state index contributed by atoms with van der Waals surface area (Å²) >= 11 is 8.37. The fraction of sp³-hybridized carbons (Fsp3) is 0.547. The van der Waals surface area contributed by atoms with Gasteiger partial charge in [0, 0.05) is 53.9 Å². The number of carboxylic acids is 1. The van der Waals surface area contributed by atoms with Crippen molar-refractivity contribution in [3.05, 3.63) is 108 Å². The van der Waals surface area contributed by atoms with Gasteiger partial charge in [0.05, 0.1) is 31.4 Å². The summed E-state index contributed by atoms with van der Waals surface area (Å²) in [5, 5.41) is 73.4. The smallest absolute Gasteiger partial charge is 0.327 e. The van der Waals surface area contributed by atoms with Crippen LogP contribution in [0.5, 0.6) is 0 Å². The Morgan fingerprint density at radius 1 is 0.482 bits per heavy atom. The molecule has 0 spiro atoms. The van der Waals surface area contributed by atoms with Crippen LogP contribution in [-0.4, -0.2) is 248 Å². The number of H-pyrrole nitrogens is 1. The number of unbranched alkanes of at least 4 members (excludes halogenated alkanes) is 2. The molecule has 13 amide bonds. The van der Waals surface area contributed by atoms with Crippen molar-refractivity contribution < 1.29 is 87.5 Å². The molecule has 35 nitrogen and oxygen atoms in total. The lowest BCUT2D eigenvalue weighted by molar-refractivity contribution is -0.154. The number of thiol groups is 2. The lowest BCUT2D eigenvalue weighted by atomic mass is 9.92. The molecule has 5 rings (SSSR count). The number of aromatic nitrogens is 1. The number of aromatic amines is 1. The van der Waals surface area contributed by atoms with Crippen molar-refractivity contribution in [3.63, 3.8) is 0 Å². The van der Waals surface area contributed by atoms with E-state index >= 15 is 14.4 Å². The molecule has 4 aromatic rings. The summed E-state index contributed by atoms with van der Waals surface area (Å²) < 4.78 is 0. The molecule has 0 aliphatic heterocycles. The molecule has 0 unspecified atom stereocenters. The SMILES string of the molecule is C[C@H](NC(=O)[C@@H](NC(=O)[C@H](CCCCN)NC(=O)[C@@H](Cc1c[nH]c2ccccc12)NC(=O)[C@H](Cc1ccccc1)NC(=O)[C@H](Cc1ccccc1)NC(=O)[C@@H](C)NC(=O)[C@H](CCCCN)NC(=O)[C@H](CS)NC(=O)CNC(=O)[C@@H](C)N)[C@@H](C)O)C(=O)N[C@H](C(=O)N[C@@H](CO)C(=O)N(C1CCCCC1)[C@H](CS)C(=O)O)[C@@H](C)O. The van der Waals surface area contributed by atoms with E-state index in [9.17, 15) is 73.2 Å². The molecule has 23 N–H and O–H groups in total. The number of fused-ring (bicyclic) bond motifs is 1. The van der Waals surface area contributed by atoms with E-state index in [1.807, 2.05) is 0 Å². The molecule has 1 aromatic heterocycles. The highest BCUT2D eigenvalue weighted by molar-refractivity contribution is 7.80. The van der Waals surface area contributed by atoms with E-state index in [-0.39, 0.29) is 63.1 Å². The Labute approximate surface area is 661 Å². The van der Waals surface area contributed by atoms with Gasteiger partial charge in [0.1, 0.15) is 72.5 Å². The summed E-state index contributed by atoms with van der Waals surface area (Å²) in [7, 11) is 0. The molecule has 0 radical (unpaired) electrons. The van der Waals surface area contributed by atoms with Gasteiger partial charge in [0.2, 0.25) is 76.8 Å². The second kappa shape index (κ2) is 47.6. The van der Waals surface area contributed by atoms with Gasteiger partial charge in [-0.3, -0.25) is 62.3 Å². The molecule has 1 aliphatic rings. The maximum Gasteiger partial charge on any atom is 0.327 e. The standard InChI is InChI=1S/C75H111N17O18S2/c1-41(78)63(97)80-37-60(96)83-58(39-111)71(105)85-52(29-17-19-31-76)66(100)81-42(2)64(98)86-54(33-46-21-9-6-10-22-46)68(102)87-55(34-47-23-11-7-12-24-47)69(103)88-56(35-48-36-79-51-28-16-15-27-50(48)51)70(104)84-53(30-18-20-32-77)67(101)91-61(44(4)94)72(106)82-43(3)65(99)90-62(45(5)95)73(107)89-57(38-93)74(108)92(59(40-112)75(109)110)49-25-13-8-14-26-49/h6-7,9-12,15-16,21-24,27-28,36,41-45,49,52-59,61-62,79,93-95,111-112H,8,13-14,17-20,25-26,29-35,37-40,76-78H2,1-5H3,(H,80,97)(H,81,100)(H,82,106)(H,83,96)(H,84,104)(H,85,105)(H,86,98)(H,87,102)(H,88,103)(H,89,107)(H,90,99)(H,91,101)(H,109,110)/t41-,42-,43+,44-,45-,52+,53+,54+,55+,56-,57+,58+,59-,61+,62+/m1/s1. The van der Waals surface area contributed by atoms with Gasteiger partial charge in [-0.2, -0.15) is 25.3 Å². The van der Waals surface area contributed by atoms with Crippen molar-refractivity contribution in [2.45, 2.75) is 221 Å². The minimum atomic E-state index is -1.84. The number of nitrogens with two attached hydrogens (primary N) is 3. The number of nitrogens with zero attached hydrogens (tertiary/aromatic N) is 1. The average molecular weight is 1600 g/mol. The van der Waals surface area contributed by atoms with E-state index in [1.165, 1.54) is 20.8 Å². The van der Waals surface area contributed by atoms with E-state index < -0.39 is 193 Å². The van der Waals surface area contributed by atoms with Gasteiger partial charge in [-0.05, 0) is 122 Å². The fourth-order valence-corrected chi connectivity index (χ4v) is 13.1. The van der Waals surface area contributed by atoms with Crippen molar-refractivity contribution in [2.75, 3.05) is 37.7 Å². The van der Waals surface area contributed by atoms with Crippen molar-refractivity contribution in [2.24, 2.45) is 17.2 Å². The average Bonchev–Trinajstić information content (AvgIpc) is 1.62. The molecule has 37 heteroatoms. The summed E-state index contributed by atoms with van der Waals surface area (Å²) in [5.74, 6) is -13.8. The Bertz CT molecular complexity index is 3800. The first-order chi connectivity index (χ1) is 53.4. The quantitative estimate of drug-likeness (QED) is 0.0151. The third-order valence-corrected chi connectivity index (χ3v) is 19.5. The zero-order valence-corrected chi connectivity index (χ0v) is 65.4. The molecule has 1 aliphatic carbocycles. The number of carbonyl (C=O) groups is 14. The van der Waals surface area contributed by atoms with E-state index in [0.29, 0.717) is 72.5 Å². The lowest BCUT2D eigenvalue weighted by Crippen LogP contribution is -2.63. The summed E-state index contributed by atoms with van der Waals surface area (Å²) in [4.78, 5) is 199. The molecule has 112 heavy (non-hydrogen) atoms. The first-order valence-electron chi connectivity index (χ1n) is 37.5. The van der Waals surface area contributed by atoms with E-state index in [1.54, 1.807) is 91.1 Å². The normalized spacial score (nSPS) is 16.2. The molecule has 3 aromatic carbocycles. The lowest BCUT2D eigenvalue weighted by Gasteiger charge is -2.39. The predicted octanol–water partition coefficient (Wildman–Crippen LogP) is -3.48. The van der Waals surface area contributed by atoms with Crippen LogP contribution in [0.4, 0.5) is 0 Å². The largest absolute Gasteiger partial charge is 0.480 e. The first-order valence-corrected chi connectivity index (χ1v) is 38.8. The second-order valence-electron chi connectivity index (χ2n) is 27.9. The summed E-state index contributed by atoms with van der Waals surface area (Å²) in [5.41, 5.74) is 19.5. The van der Waals surface area contributed by atoms with E-state index in [2.05, 4.69) is 94.0 Å². The molecular weight excluding hydrogens is 1490 g/mol. The van der Waals surface area contributed by atoms with Crippen LogP contribution in [0, 0.1) is 0 Å². The molecule has 616 valence electrons. The second-order valence-corrected chi connectivity index (χ2v) is 28.6. The summed E-state index contributed by atoms with van der Waals surface area (Å²) in [6, 6.07) is 4.28. The zero-order valence-electron chi connectivity index (χ0n) is 63.6. The number of aliphatic hydroxyl groups is 3. The van der Waals surface area contributed by atoms with Gasteiger partial charge in [0.15, 0.2) is 0 Å². The van der Waals surface area contributed by atoms with Gasteiger partial charge >= 0.3 is 5.97 Å². The van der Waals surface area contributed by atoms with Crippen LogP contribution in [0.15, 0.2) is 91.1 Å². The number of amides is 13. The maximum absolute atomic E-state index is 15.2. The van der Waals surface area contributed by atoms with Crippen molar-refractivity contribution in [1.82, 2.24) is 73.7 Å². The molecule has 0 saturated heterocycles. The third kappa shape index (κ3) is 29.4. The number of rotatable bonds is 47. The fourth-order valence-electron chi connectivity index (χ4n) is 12.5. The highest BCUT2D eigenvalue weighted by Crippen LogP contribution is 2.26. The van der Waals surface area contributed by atoms with Crippen LogP contribution in [0.25, 0.3) is 10.9 Å². The highest BCUT2D eigenvalue weighted by atomic mass is 32.1. The van der Waals surface area contributed by atoms with E-state index in [4.69, 9.17) is 17.2 Å². The Balaban J connectivity index is 1.39. The highest BCUT2D eigenvalue weighted by Gasteiger charge is 2.42. The molecular formula is C75H111N17O18S2. The number of hydrogen-bond acceptors (Lipinski definition) is 22. The van der Waals surface area contributed by atoms with Gasteiger partial charge in [-0.1, -0.05) is 98.1 Å². The number of aliphatic carboxylic acids is 1. The first kappa shape index (κ1) is 92.8. The zero-order chi connectivity index (χ0) is 82.7. The number of carbonyl (C=O) groups excluding carboxylic acids is 13. The minimum Gasteiger partial charge on any atom is -0.480 e. The van der Waals surface area contributed by atoms with Crippen LogP contribution in [0.2, 0.25) is 0 Å². The summed E-state index contributed by atoms with van der Waals surface area (Å²) in [6.07, 6.45) is 2.09. The predicted molar refractivity (Wildman–Crippen MR) is 421 cm³/mol. The van der Waals surface area contributed by atoms with Gasteiger partial charge in [0.25, 0.3) is 0 Å².